The molecule has 0 heterocycles. The van der Waals surface area contributed by atoms with Crippen molar-refractivity contribution >= 4 is 18.2 Å². The van der Waals surface area contributed by atoms with Crippen molar-refractivity contribution in [1.29, 1.82) is 0 Å². The SMILES string of the molecule is C=C/C(S)=C(\C=C/C)c1ccccc1C. The number of thiol groups is 1. The van der Waals surface area contributed by atoms with Gasteiger partial charge in [-0.15, -0.1) is 12.6 Å². The van der Waals surface area contributed by atoms with Gasteiger partial charge in [-0.05, 0) is 30.5 Å². The summed E-state index contributed by atoms with van der Waals surface area (Å²) in [6.45, 7) is 7.85. The summed E-state index contributed by atoms with van der Waals surface area (Å²) >= 11 is 4.43. The molecule has 0 spiro atoms. The maximum atomic E-state index is 4.43. The minimum absolute atomic E-state index is 0.905. The first-order valence-electron chi connectivity index (χ1n) is 4.95. The van der Waals surface area contributed by atoms with E-state index < -0.39 is 0 Å². The molecule has 1 heteroatoms. The molecule has 0 amide bonds. The molecule has 1 rings (SSSR count). The van der Waals surface area contributed by atoms with Crippen LogP contribution in [0.4, 0.5) is 0 Å². The maximum absolute atomic E-state index is 4.43. The smallest absolute Gasteiger partial charge is 0.0113 e. The molecule has 15 heavy (non-hydrogen) atoms. The first-order valence-corrected chi connectivity index (χ1v) is 5.39. The predicted octanol–water partition coefficient (Wildman–Crippen LogP) is 4.40. The summed E-state index contributed by atoms with van der Waals surface area (Å²) in [5, 5.41) is 0. The highest BCUT2D eigenvalue weighted by Crippen LogP contribution is 2.25. The van der Waals surface area contributed by atoms with Crippen LogP contribution < -0.4 is 0 Å². The van der Waals surface area contributed by atoms with E-state index in [-0.39, 0.29) is 0 Å². The number of hydrogen-bond acceptors (Lipinski definition) is 1. The second kappa shape index (κ2) is 5.62. The molecular weight excluding hydrogens is 200 g/mol. The Morgan fingerprint density at radius 1 is 1.33 bits per heavy atom. The van der Waals surface area contributed by atoms with Crippen LogP contribution in [-0.4, -0.2) is 0 Å². The van der Waals surface area contributed by atoms with E-state index in [4.69, 9.17) is 0 Å². The molecule has 0 atom stereocenters. The minimum Gasteiger partial charge on any atom is -0.143 e. The van der Waals surface area contributed by atoms with Gasteiger partial charge in [-0.3, -0.25) is 0 Å². The van der Waals surface area contributed by atoms with Gasteiger partial charge < -0.3 is 0 Å². The summed E-state index contributed by atoms with van der Waals surface area (Å²) < 4.78 is 0. The summed E-state index contributed by atoms with van der Waals surface area (Å²) in [6, 6.07) is 8.28. The molecule has 0 radical (unpaired) electrons. The molecule has 0 unspecified atom stereocenters. The molecule has 0 saturated heterocycles. The molecular formula is C14H16S. The van der Waals surface area contributed by atoms with Crippen molar-refractivity contribution in [1.82, 2.24) is 0 Å². The molecule has 0 aromatic heterocycles. The number of hydrogen-bond donors (Lipinski definition) is 1. The maximum Gasteiger partial charge on any atom is 0.0113 e. The topological polar surface area (TPSA) is 0 Å². The third-order valence-electron chi connectivity index (χ3n) is 2.24. The average Bonchev–Trinajstić information content (AvgIpc) is 2.26. The average molecular weight is 216 g/mol. The molecule has 0 fully saturated rings. The standard InChI is InChI=1S/C14H16S/c1-4-8-13(14(15)5-2)12-10-7-6-9-11(12)3/h4-10,15H,2H2,1,3H3/b8-4-,14-13-. The van der Waals surface area contributed by atoms with Gasteiger partial charge in [0.05, 0.1) is 0 Å². The summed E-state index contributed by atoms with van der Waals surface area (Å²) in [5.74, 6) is 0. The molecule has 1 aromatic carbocycles. The van der Waals surface area contributed by atoms with Crippen molar-refractivity contribution in [3.05, 3.63) is 65.1 Å². The van der Waals surface area contributed by atoms with Crippen LogP contribution in [-0.2, 0) is 0 Å². The van der Waals surface area contributed by atoms with Crippen LogP contribution in [0.5, 0.6) is 0 Å². The Labute approximate surface area is 97.4 Å². The zero-order valence-electron chi connectivity index (χ0n) is 9.20. The fourth-order valence-electron chi connectivity index (χ4n) is 1.46. The Morgan fingerprint density at radius 3 is 2.53 bits per heavy atom. The third-order valence-corrected chi connectivity index (χ3v) is 2.66. The monoisotopic (exact) mass is 216 g/mol. The van der Waals surface area contributed by atoms with Gasteiger partial charge in [0.25, 0.3) is 0 Å². The Bertz CT molecular complexity index is 411. The second-order valence-corrected chi connectivity index (χ2v) is 3.80. The second-order valence-electron chi connectivity index (χ2n) is 3.32. The Kier molecular flexibility index (Phi) is 4.44. The minimum atomic E-state index is 0.905. The molecule has 0 N–H and O–H groups in total. The van der Waals surface area contributed by atoms with Crippen LogP contribution >= 0.6 is 12.6 Å². The lowest BCUT2D eigenvalue weighted by molar-refractivity contribution is 1.42. The van der Waals surface area contributed by atoms with Crippen molar-refractivity contribution in [3.8, 4) is 0 Å². The highest BCUT2D eigenvalue weighted by atomic mass is 32.1. The van der Waals surface area contributed by atoms with E-state index in [1.807, 2.05) is 25.1 Å². The van der Waals surface area contributed by atoms with Crippen molar-refractivity contribution < 1.29 is 0 Å². The summed E-state index contributed by atoms with van der Waals surface area (Å²) in [5.41, 5.74) is 3.58. The van der Waals surface area contributed by atoms with Crippen molar-refractivity contribution in [2.45, 2.75) is 13.8 Å². The van der Waals surface area contributed by atoms with Crippen LogP contribution in [0.25, 0.3) is 5.57 Å². The van der Waals surface area contributed by atoms with Gasteiger partial charge in [0, 0.05) is 4.91 Å². The molecule has 78 valence electrons. The van der Waals surface area contributed by atoms with Gasteiger partial charge in [-0.1, -0.05) is 49.1 Å². The number of rotatable bonds is 3. The highest BCUT2D eigenvalue weighted by Gasteiger charge is 2.03. The molecule has 0 nitrogen and oxygen atoms in total. The largest absolute Gasteiger partial charge is 0.143 e. The van der Waals surface area contributed by atoms with Gasteiger partial charge in [0.2, 0.25) is 0 Å². The molecule has 0 saturated carbocycles. The normalized spacial score (nSPS) is 12.7. The van der Waals surface area contributed by atoms with Gasteiger partial charge in [-0.25, -0.2) is 0 Å². The van der Waals surface area contributed by atoms with Crippen molar-refractivity contribution in [2.24, 2.45) is 0 Å². The fourth-order valence-corrected chi connectivity index (χ4v) is 1.66. The molecule has 0 aliphatic rings. The van der Waals surface area contributed by atoms with Gasteiger partial charge >= 0.3 is 0 Å². The quantitative estimate of drug-likeness (QED) is 0.562. The number of aryl methyl sites for hydroxylation is 1. The third kappa shape index (κ3) is 2.87. The van der Waals surface area contributed by atoms with Crippen LogP contribution in [0.2, 0.25) is 0 Å². The van der Waals surface area contributed by atoms with Gasteiger partial charge in [-0.2, -0.15) is 0 Å². The summed E-state index contributed by atoms with van der Waals surface area (Å²) in [4.78, 5) is 0.905. The van der Waals surface area contributed by atoms with Crippen molar-refractivity contribution in [3.63, 3.8) is 0 Å². The lowest BCUT2D eigenvalue weighted by atomic mass is 10.00. The van der Waals surface area contributed by atoms with E-state index >= 15 is 0 Å². The first kappa shape index (κ1) is 11.9. The number of benzene rings is 1. The van der Waals surface area contributed by atoms with Gasteiger partial charge in [0.1, 0.15) is 0 Å². The summed E-state index contributed by atoms with van der Waals surface area (Å²) in [6.07, 6.45) is 5.85. The van der Waals surface area contributed by atoms with E-state index in [0.29, 0.717) is 0 Å². The lowest BCUT2D eigenvalue weighted by Crippen LogP contribution is -1.87. The number of allylic oxidation sites excluding steroid dienone is 4. The molecule has 0 bridgehead atoms. The van der Waals surface area contributed by atoms with Crippen LogP contribution in [0.3, 0.4) is 0 Å². The van der Waals surface area contributed by atoms with Gasteiger partial charge in [0.15, 0.2) is 0 Å². The van der Waals surface area contributed by atoms with E-state index in [1.54, 1.807) is 6.08 Å². The predicted molar refractivity (Wildman–Crippen MR) is 72.1 cm³/mol. The van der Waals surface area contributed by atoms with Crippen molar-refractivity contribution in [2.75, 3.05) is 0 Å². The molecule has 1 aromatic rings. The lowest BCUT2D eigenvalue weighted by Gasteiger charge is -2.08. The Morgan fingerprint density at radius 2 is 2.00 bits per heavy atom. The summed E-state index contributed by atoms with van der Waals surface area (Å²) in [7, 11) is 0. The Balaban J connectivity index is 3.35. The van der Waals surface area contributed by atoms with E-state index in [1.165, 1.54) is 11.1 Å². The molecule has 0 aliphatic heterocycles. The highest BCUT2D eigenvalue weighted by molar-refractivity contribution is 7.85. The van der Waals surface area contributed by atoms with E-state index in [0.717, 1.165) is 10.5 Å². The van der Waals surface area contributed by atoms with Crippen LogP contribution in [0.15, 0.2) is 54.0 Å². The first-order chi connectivity index (χ1) is 7.20. The fraction of sp³-hybridized carbons (Fsp3) is 0.143. The molecule has 0 aliphatic carbocycles. The van der Waals surface area contributed by atoms with E-state index in [2.05, 4.69) is 44.3 Å². The van der Waals surface area contributed by atoms with Crippen LogP contribution in [0, 0.1) is 6.92 Å². The zero-order valence-corrected chi connectivity index (χ0v) is 10.1. The van der Waals surface area contributed by atoms with E-state index in [9.17, 15) is 0 Å². The van der Waals surface area contributed by atoms with Crippen LogP contribution in [0.1, 0.15) is 18.1 Å². The Hall–Kier alpha value is -1.21. The zero-order chi connectivity index (χ0) is 11.3.